The fourth-order valence-electron chi connectivity index (χ4n) is 1.88. The molecule has 0 aromatic heterocycles. The van der Waals surface area contributed by atoms with Crippen molar-refractivity contribution < 1.29 is 0 Å². The molecule has 0 nitrogen and oxygen atoms in total. The summed E-state index contributed by atoms with van der Waals surface area (Å²) in [4.78, 5) is 2.70. The predicted molar refractivity (Wildman–Crippen MR) is 92.1 cm³/mol. The van der Waals surface area contributed by atoms with Crippen LogP contribution in [-0.2, 0) is 0 Å². The fourth-order valence-corrected chi connectivity index (χ4v) is 4.91. The third-order valence-electron chi connectivity index (χ3n) is 2.58. The van der Waals surface area contributed by atoms with E-state index in [0.29, 0.717) is 0 Å². The van der Waals surface area contributed by atoms with Gasteiger partial charge in [0, 0.05) is 18.7 Å². The van der Waals surface area contributed by atoms with Gasteiger partial charge in [0.25, 0.3) is 0 Å². The largest absolute Gasteiger partial charge is 0.125 e. The molecule has 0 aliphatic rings. The fraction of sp³-hybridized carbons (Fsp3) is 0.286. The van der Waals surface area contributed by atoms with E-state index >= 15 is 0 Å². The molecule has 0 atom stereocenters. The van der Waals surface area contributed by atoms with Gasteiger partial charge in [0.2, 0.25) is 0 Å². The molecule has 18 heavy (non-hydrogen) atoms. The molecule has 0 N–H and O–H groups in total. The third kappa shape index (κ3) is 2.92. The number of benzene rings is 2. The molecule has 0 aliphatic heterocycles. The quantitative estimate of drug-likeness (QED) is 0.526. The van der Waals surface area contributed by atoms with Crippen LogP contribution >= 0.6 is 55.4 Å². The smallest absolute Gasteiger partial charge is 0.0317 e. The van der Waals surface area contributed by atoms with Gasteiger partial charge in [-0.15, -0.1) is 23.5 Å². The highest BCUT2D eigenvalue weighted by molar-refractivity contribution is 9.10. The van der Waals surface area contributed by atoms with Crippen LogP contribution in [0, 0.1) is 0 Å². The minimum absolute atomic E-state index is 1.09. The summed E-state index contributed by atoms with van der Waals surface area (Å²) < 4.78 is 2.38. The zero-order valence-electron chi connectivity index (χ0n) is 10.3. The molecule has 0 aliphatic carbocycles. The molecule has 96 valence electrons. The van der Waals surface area contributed by atoms with Gasteiger partial charge in [0.15, 0.2) is 0 Å². The van der Waals surface area contributed by atoms with Gasteiger partial charge in [-0.2, -0.15) is 0 Å². The van der Waals surface area contributed by atoms with Gasteiger partial charge in [-0.25, -0.2) is 0 Å². The number of hydrogen-bond donors (Lipinski definition) is 0. The summed E-state index contributed by atoms with van der Waals surface area (Å²) in [6.45, 7) is 4.38. The molecule has 0 spiro atoms. The van der Waals surface area contributed by atoms with Crippen molar-refractivity contribution >= 4 is 66.2 Å². The van der Waals surface area contributed by atoms with E-state index in [1.807, 2.05) is 23.5 Å². The third-order valence-corrected chi connectivity index (χ3v) is 6.46. The second-order valence-corrected chi connectivity index (χ2v) is 7.97. The Balaban J connectivity index is 2.71. The number of thioether (sulfide) groups is 2. The van der Waals surface area contributed by atoms with Crippen molar-refractivity contribution in [3.05, 3.63) is 33.2 Å². The minimum Gasteiger partial charge on any atom is -0.125 e. The van der Waals surface area contributed by atoms with Crippen molar-refractivity contribution in [2.75, 3.05) is 11.5 Å². The summed E-state index contributed by atoms with van der Waals surface area (Å²) in [5, 5.41) is 2.69. The molecular formula is C14H14Br2S2. The van der Waals surface area contributed by atoms with Crippen molar-refractivity contribution in [3.8, 4) is 0 Å². The van der Waals surface area contributed by atoms with E-state index in [2.05, 4.69) is 70.0 Å². The summed E-state index contributed by atoms with van der Waals surface area (Å²) in [6, 6.07) is 8.74. The van der Waals surface area contributed by atoms with Crippen LogP contribution < -0.4 is 0 Å². The Labute approximate surface area is 134 Å². The first-order chi connectivity index (χ1) is 8.69. The zero-order valence-corrected chi connectivity index (χ0v) is 15.1. The summed E-state index contributed by atoms with van der Waals surface area (Å²) in [7, 11) is 0. The Morgan fingerprint density at radius 1 is 0.778 bits per heavy atom. The topological polar surface area (TPSA) is 0 Å². The lowest BCUT2D eigenvalue weighted by Gasteiger charge is -2.12. The van der Waals surface area contributed by atoms with E-state index in [1.165, 1.54) is 29.5 Å². The van der Waals surface area contributed by atoms with Crippen LogP contribution in [0.4, 0.5) is 0 Å². The number of hydrogen-bond acceptors (Lipinski definition) is 2. The Hall–Kier alpha value is 0.360. The van der Waals surface area contributed by atoms with Gasteiger partial charge in [0.05, 0.1) is 0 Å². The first kappa shape index (κ1) is 14.8. The highest BCUT2D eigenvalue weighted by atomic mass is 79.9. The standard InChI is InChI=1S/C14H14Br2S2/c1-3-17-13-9-5-8-12(16)14(18-4-2)10(9)6-7-11(13)15/h5-8H,3-4H2,1-2H3. The van der Waals surface area contributed by atoms with Crippen molar-refractivity contribution in [1.82, 2.24) is 0 Å². The van der Waals surface area contributed by atoms with Crippen LogP contribution in [0.15, 0.2) is 43.0 Å². The zero-order chi connectivity index (χ0) is 13.1. The average Bonchev–Trinajstić information content (AvgIpc) is 2.36. The van der Waals surface area contributed by atoms with Gasteiger partial charge in [-0.05, 0) is 66.3 Å². The summed E-state index contributed by atoms with van der Waals surface area (Å²) in [6.07, 6.45) is 0. The number of rotatable bonds is 4. The first-order valence-corrected chi connectivity index (χ1v) is 9.41. The maximum atomic E-state index is 3.66. The second-order valence-electron chi connectivity index (χ2n) is 3.71. The maximum absolute atomic E-state index is 3.66. The molecule has 2 rings (SSSR count). The van der Waals surface area contributed by atoms with E-state index in [-0.39, 0.29) is 0 Å². The predicted octanol–water partition coefficient (Wildman–Crippen LogP) is 6.59. The summed E-state index contributed by atoms with van der Waals surface area (Å²) in [5.41, 5.74) is 0. The van der Waals surface area contributed by atoms with E-state index in [0.717, 1.165) is 11.5 Å². The lowest BCUT2D eigenvalue weighted by molar-refractivity contribution is 1.39. The molecule has 0 fully saturated rings. The number of halogens is 2. The molecule has 2 aromatic carbocycles. The Morgan fingerprint density at radius 3 is 1.50 bits per heavy atom. The molecule has 0 amide bonds. The highest BCUT2D eigenvalue weighted by Crippen LogP contribution is 2.41. The van der Waals surface area contributed by atoms with Gasteiger partial charge >= 0.3 is 0 Å². The molecule has 0 heterocycles. The Morgan fingerprint density at radius 2 is 1.17 bits per heavy atom. The SMILES string of the molecule is CCSc1c(Br)ccc2c(SCC)c(Br)ccc12. The van der Waals surface area contributed by atoms with Crippen molar-refractivity contribution in [2.45, 2.75) is 23.6 Å². The van der Waals surface area contributed by atoms with E-state index in [9.17, 15) is 0 Å². The summed E-state index contributed by atoms with van der Waals surface area (Å²) in [5.74, 6) is 2.17. The normalized spacial score (nSPS) is 11.1. The van der Waals surface area contributed by atoms with Crippen LogP contribution in [0.5, 0.6) is 0 Å². The Kier molecular flexibility index (Phi) is 5.48. The molecule has 0 bridgehead atoms. The van der Waals surface area contributed by atoms with E-state index in [1.54, 1.807) is 0 Å². The lowest BCUT2D eigenvalue weighted by atomic mass is 10.1. The molecular weight excluding hydrogens is 392 g/mol. The maximum Gasteiger partial charge on any atom is 0.0317 e. The average molecular weight is 406 g/mol. The van der Waals surface area contributed by atoms with Crippen molar-refractivity contribution in [2.24, 2.45) is 0 Å². The lowest BCUT2D eigenvalue weighted by Crippen LogP contribution is -1.85. The summed E-state index contributed by atoms with van der Waals surface area (Å²) >= 11 is 11.1. The molecule has 4 heteroatoms. The number of fused-ring (bicyclic) bond motifs is 1. The highest BCUT2D eigenvalue weighted by Gasteiger charge is 2.11. The minimum atomic E-state index is 1.09. The van der Waals surface area contributed by atoms with Gasteiger partial charge in [-0.3, -0.25) is 0 Å². The first-order valence-electron chi connectivity index (χ1n) is 5.85. The van der Waals surface area contributed by atoms with Crippen LogP contribution in [0.3, 0.4) is 0 Å². The monoisotopic (exact) mass is 404 g/mol. The van der Waals surface area contributed by atoms with Gasteiger partial charge in [-0.1, -0.05) is 26.0 Å². The second kappa shape index (κ2) is 6.69. The van der Waals surface area contributed by atoms with Crippen LogP contribution in [0.2, 0.25) is 0 Å². The van der Waals surface area contributed by atoms with Crippen LogP contribution in [-0.4, -0.2) is 11.5 Å². The van der Waals surface area contributed by atoms with Crippen molar-refractivity contribution in [1.29, 1.82) is 0 Å². The molecule has 0 unspecified atom stereocenters. The molecule has 2 aromatic rings. The molecule has 0 saturated heterocycles. The van der Waals surface area contributed by atoms with Crippen LogP contribution in [0.25, 0.3) is 10.8 Å². The molecule has 0 saturated carbocycles. The van der Waals surface area contributed by atoms with Crippen molar-refractivity contribution in [3.63, 3.8) is 0 Å². The molecule has 0 radical (unpaired) electrons. The van der Waals surface area contributed by atoms with Gasteiger partial charge < -0.3 is 0 Å². The van der Waals surface area contributed by atoms with Gasteiger partial charge in [0.1, 0.15) is 0 Å². The van der Waals surface area contributed by atoms with E-state index < -0.39 is 0 Å². The Bertz CT molecular complexity index is 516. The van der Waals surface area contributed by atoms with Crippen LogP contribution in [0.1, 0.15) is 13.8 Å². The van der Waals surface area contributed by atoms with E-state index in [4.69, 9.17) is 0 Å².